The molecule has 2 heterocycles. The number of amides is 1. The molecule has 1 aliphatic heterocycles. The van der Waals surface area contributed by atoms with Gasteiger partial charge in [0.25, 0.3) is 0 Å². The third-order valence-corrected chi connectivity index (χ3v) is 6.58. The van der Waals surface area contributed by atoms with Crippen LogP contribution < -0.4 is 0 Å². The number of nitrogens with zero attached hydrogens (tertiary/aromatic N) is 2. The third kappa shape index (κ3) is 4.17. The number of hydrogen-bond acceptors (Lipinski definition) is 4. The maximum absolute atomic E-state index is 13.0. The van der Waals surface area contributed by atoms with E-state index >= 15 is 0 Å². The second-order valence-electron chi connectivity index (χ2n) is 8.01. The van der Waals surface area contributed by atoms with Crippen molar-refractivity contribution in [3.05, 3.63) is 61.5 Å². The zero-order valence-electron chi connectivity index (χ0n) is 16.8. The van der Waals surface area contributed by atoms with Crippen molar-refractivity contribution >= 4 is 34.4 Å². The largest absolute Gasteiger partial charge is 0.342 e. The van der Waals surface area contributed by atoms with E-state index in [0.29, 0.717) is 5.56 Å². The molecule has 0 atom stereocenters. The molecule has 0 saturated carbocycles. The first-order chi connectivity index (χ1) is 13.2. The number of thiophene rings is 1. The monoisotopic (exact) mass is 398 g/mol. The van der Waals surface area contributed by atoms with Gasteiger partial charge in [0, 0.05) is 18.0 Å². The van der Waals surface area contributed by atoms with Crippen molar-refractivity contribution in [1.82, 2.24) is 4.90 Å². The maximum Gasteiger partial charge on any atom is 0.331 e. The van der Waals surface area contributed by atoms with Crippen LogP contribution >= 0.6 is 11.3 Å². The van der Waals surface area contributed by atoms with Gasteiger partial charge in [-0.1, -0.05) is 46.7 Å². The van der Waals surface area contributed by atoms with E-state index in [2.05, 4.69) is 6.07 Å². The summed E-state index contributed by atoms with van der Waals surface area (Å²) in [5.41, 5.74) is 3.08. The number of rotatable bonds is 5. The summed E-state index contributed by atoms with van der Waals surface area (Å²) in [6, 6.07) is 7.98. The van der Waals surface area contributed by atoms with Gasteiger partial charge in [0.15, 0.2) is 0 Å². The number of nitro groups is 1. The van der Waals surface area contributed by atoms with Gasteiger partial charge in [-0.05, 0) is 58.2 Å². The molecule has 1 aliphatic rings. The molecule has 1 saturated heterocycles. The van der Waals surface area contributed by atoms with Crippen molar-refractivity contribution in [1.29, 1.82) is 0 Å². The third-order valence-electron chi connectivity index (χ3n) is 5.15. The molecule has 6 heteroatoms. The highest BCUT2D eigenvalue weighted by Gasteiger charge is 2.38. The number of aryl methyl sites for hydroxylation is 2. The summed E-state index contributed by atoms with van der Waals surface area (Å²) >= 11 is 1.11. The molecule has 1 amide bonds. The topological polar surface area (TPSA) is 63.5 Å². The maximum atomic E-state index is 13.0. The molecule has 148 valence electrons. The second kappa shape index (κ2) is 7.87. The van der Waals surface area contributed by atoms with Gasteiger partial charge in [-0.15, -0.1) is 0 Å². The summed E-state index contributed by atoms with van der Waals surface area (Å²) in [6.45, 7) is 9.33. The molecule has 28 heavy (non-hydrogen) atoms. The average molecular weight is 399 g/mol. The van der Waals surface area contributed by atoms with Crippen LogP contribution in [0.5, 0.6) is 0 Å². The Morgan fingerprint density at radius 3 is 2.29 bits per heavy atom. The standard InChI is InChI=1S/C22H26N2O3S/c1-15-11-16(2)13-17(12-15)7-8-18-14-19(28-20(18)24(26)27)22(3,4)21(25)23-9-5-6-10-23/h7-8,11-14H,5-6,9-10H2,1-4H3/b8-7+. The van der Waals surface area contributed by atoms with Gasteiger partial charge in [-0.2, -0.15) is 0 Å². The summed E-state index contributed by atoms with van der Waals surface area (Å²) in [5, 5.41) is 11.7. The lowest BCUT2D eigenvalue weighted by molar-refractivity contribution is -0.380. The summed E-state index contributed by atoms with van der Waals surface area (Å²) in [5.74, 6) is 0.0472. The normalized spacial score (nSPS) is 14.8. The molecule has 0 unspecified atom stereocenters. The van der Waals surface area contributed by atoms with Crippen molar-refractivity contribution < 1.29 is 9.72 Å². The number of likely N-dealkylation sites (tertiary alicyclic amines) is 1. The molecular formula is C22H26N2O3S. The zero-order chi connectivity index (χ0) is 20.5. The molecule has 1 aromatic heterocycles. The van der Waals surface area contributed by atoms with Crippen LogP contribution in [0.2, 0.25) is 0 Å². The van der Waals surface area contributed by atoms with Crippen molar-refractivity contribution in [2.45, 2.75) is 46.0 Å². The Hall–Kier alpha value is -2.47. The van der Waals surface area contributed by atoms with Crippen molar-refractivity contribution in [3.63, 3.8) is 0 Å². The van der Waals surface area contributed by atoms with E-state index in [9.17, 15) is 14.9 Å². The highest BCUT2D eigenvalue weighted by atomic mass is 32.1. The molecule has 0 bridgehead atoms. The first kappa shape index (κ1) is 20.3. The van der Waals surface area contributed by atoms with E-state index in [-0.39, 0.29) is 15.8 Å². The fourth-order valence-corrected chi connectivity index (χ4v) is 4.73. The van der Waals surface area contributed by atoms with E-state index in [4.69, 9.17) is 0 Å². The summed E-state index contributed by atoms with van der Waals surface area (Å²) < 4.78 is 0. The number of benzene rings is 1. The Balaban J connectivity index is 1.94. The zero-order valence-corrected chi connectivity index (χ0v) is 17.6. The minimum atomic E-state index is -0.772. The molecule has 3 rings (SSSR count). The van der Waals surface area contributed by atoms with Gasteiger partial charge in [-0.25, -0.2) is 0 Å². The average Bonchev–Trinajstić information content (AvgIpc) is 3.28. The smallest absolute Gasteiger partial charge is 0.331 e. The highest BCUT2D eigenvalue weighted by molar-refractivity contribution is 7.15. The van der Waals surface area contributed by atoms with Crippen LogP contribution in [0.1, 0.15) is 53.8 Å². The van der Waals surface area contributed by atoms with E-state index in [1.165, 1.54) is 0 Å². The van der Waals surface area contributed by atoms with Gasteiger partial charge in [-0.3, -0.25) is 14.9 Å². The van der Waals surface area contributed by atoms with Gasteiger partial charge < -0.3 is 4.90 Å². The molecule has 1 aromatic carbocycles. The van der Waals surface area contributed by atoms with Gasteiger partial charge in [0.2, 0.25) is 5.91 Å². The minimum Gasteiger partial charge on any atom is -0.342 e. The summed E-state index contributed by atoms with van der Waals surface area (Å²) in [6.07, 6.45) is 5.73. The molecular weight excluding hydrogens is 372 g/mol. The van der Waals surface area contributed by atoms with Gasteiger partial charge in [0.05, 0.1) is 15.9 Å². The van der Waals surface area contributed by atoms with E-state index < -0.39 is 5.41 Å². The van der Waals surface area contributed by atoms with Crippen LogP contribution in [0.25, 0.3) is 12.2 Å². The molecule has 5 nitrogen and oxygen atoms in total. The number of carbonyl (C=O) groups excluding carboxylic acids is 1. The van der Waals surface area contributed by atoms with Crippen LogP contribution in [-0.2, 0) is 10.2 Å². The molecule has 2 aromatic rings. The number of carbonyl (C=O) groups is 1. The van der Waals surface area contributed by atoms with Crippen LogP contribution in [0.15, 0.2) is 24.3 Å². The second-order valence-corrected chi connectivity index (χ2v) is 9.04. The highest BCUT2D eigenvalue weighted by Crippen LogP contribution is 2.39. The van der Waals surface area contributed by atoms with Crippen LogP contribution in [-0.4, -0.2) is 28.8 Å². The Morgan fingerprint density at radius 1 is 1.11 bits per heavy atom. The quantitative estimate of drug-likeness (QED) is 0.504. The first-order valence-corrected chi connectivity index (χ1v) is 10.3. The van der Waals surface area contributed by atoms with Gasteiger partial charge >= 0.3 is 5.00 Å². The van der Waals surface area contributed by atoms with Gasteiger partial charge in [0.1, 0.15) is 0 Å². The lowest BCUT2D eigenvalue weighted by atomic mass is 9.89. The van der Waals surface area contributed by atoms with Crippen LogP contribution in [0.3, 0.4) is 0 Å². The molecule has 0 N–H and O–H groups in total. The van der Waals surface area contributed by atoms with Crippen LogP contribution in [0.4, 0.5) is 5.00 Å². The van der Waals surface area contributed by atoms with Crippen molar-refractivity contribution in [2.75, 3.05) is 13.1 Å². The Bertz CT molecular complexity index is 917. The summed E-state index contributed by atoms with van der Waals surface area (Å²) in [7, 11) is 0. The van der Waals surface area contributed by atoms with E-state index in [0.717, 1.165) is 58.8 Å². The van der Waals surface area contributed by atoms with E-state index in [1.54, 1.807) is 12.1 Å². The Morgan fingerprint density at radius 2 is 1.71 bits per heavy atom. The fraction of sp³-hybridized carbons (Fsp3) is 0.409. The van der Waals surface area contributed by atoms with Crippen molar-refractivity contribution in [3.8, 4) is 0 Å². The molecule has 0 aliphatic carbocycles. The summed E-state index contributed by atoms with van der Waals surface area (Å²) in [4.78, 5) is 26.8. The minimum absolute atomic E-state index is 0.0472. The van der Waals surface area contributed by atoms with E-state index in [1.807, 2.05) is 50.8 Å². The van der Waals surface area contributed by atoms with Crippen molar-refractivity contribution in [2.24, 2.45) is 0 Å². The fourth-order valence-electron chi connectivity index (χ4n) is 3.68. The first-order valence-electron chi connectivity index (χ1n) is 9.53. The lowest BCUT2D eigenvalue weighted by Crippen LogP contribution is -2.41. The molecule has 0 radical (unpaired) electrons. The molecule has 0 spiro atoms. The SMILES string of the molecule is Cc1cc(C)cc(/C=C/c2cc(C(C)(C)C(=O)N3CCCC3)sc2[N+](=O)[O-])c1. The molecule has 1 fully saturated rings. The number of hydrogen-bond donors (Lipinski definition) is 0. The Kier molecular flexibility index (Phi) is 5.70. The predicted octanol–water partition coefficient (Wildman–Crippen LogP) is 5.34. The lowest BCUT2D eigenvalue weighted by Gasteiger charge is -2.28. The van der Waals surface area contributed by atoms with Crippen LogP contribution in [0, 0.1) is 24.0 Å². The predicted molar refractivity (Wildman–Crippen MR) is 115 cm³/mol. The Labute approximate surface area is 169 Å².